The van der Waals surface area contributed by atoms with Gasteiger partial charge in [-0.15, -0.1) is 0 Å². The van der Waals surface area contributed by atoms with E-state index in [4.69, 9.17) is 11.6 Å². The van der Waals surface area contributed by atoms with Crippen LogP contribution in [0.1, 0.15) is 5.56 Å². The Morgan fingerprint density at radius 1 is 1.30 bits per heavy atom. The van der Waals surface area contributed by atoms with E-state index in [9.17, 15) is 18.8 Å². The number of imide groups is 1. The van der Waals surface area contributed by atoms with Gasteiger partial charge in [0, 0.05) is 11.6 Å². The number of carbonyl (C=O) groups is 3. The first-order valence-electron chi connectivity index (χ1n) is 5.71. The van der Waals surface area contributed by atoms with Crippen molar-refractivity contribution in [1.29, 1.82) is 0 Å². The summed E-state index contributed by atoms with van der Waals surface area (Å²) in [5.74, 6) is -2.22. The van der Waals surface area contributed by atoms with Crippen molar-refractivity contribution in [3.8, 4) is 0 Å². The lowest BCUT2D eigenvalue weighted by molar-refractivity contribution is -0.143. The quantitative estimate of drug-likeness (QED) is 0.653. The van der Waals surface area contributed by atoms with E-state index in [-0.39, 0.29) is 23.7 Å². The average Bonchev–Trinajstić information content (AvgIpc) is 2.36. The summed E-state index contributed by atoms with van der Waals surface area (Å²) in [5, 5.41) is 2.25. The van der Waals surface area contributed by atoms with Crippen LogP contribution in [0.5, 0.6) is 0 Å². The van der Waals surface area contributed by atoms with Crippen LogP contribution in [-0.2, 0) is 14.4 Å². The Bertz CT molecular complexity index is 579. The van der Waals surface area contributed by atoms with Gasteiger partial charge in [-0.3, -0.25) is 19.7 Å². The van der Waals surface area contributed by atoms with Gasteiger partial charge in [0.1, 0.15) is 18.9 Å². The first kappa shape index (κ1) is 14.2. The summed E-state index contributed by atoms with van der Waals surface area (Å²) < 4.78 is 13.5. The second-order valence-corrected chi connectivity index (χ2v) is 4.54. The zero-order valence-electron chi connectivity index (χ0n) is 10.2. The fourth-order valence-corrected chi connectivity index (χ4v) is 1.95. The van der Waals surface area contributed by atoms with E-state index in [0.29, 0.717) is 0 Å². The SMILES string of the molecule is O=C1CN(C(=O)C=Cc2c(F)cccc2Cl)CC(=O)N1. The Morgan fingerprint density at radius 3 is 2.55 bits per heavy atom. The molecule has 1 aromatic rings. The molecule has 1 aromatic carbocycles. The molecule has 1 saturated heterocycles. The first-order valence-corrected chi connectivity index (χ1v) is 6.09. The van der Waals surface area contributed by atoms with E-state index in [0.717, 1.165) is 11.0 Å². The monoisotopic (exact) mass is 296 g/mol. The smallest absolute Gasteiger partial charge is 0.247 e. The van der Waals surface area contributed by atoms with Crippen molar-refractivity contribution in [3.63, 3.8) is 0 Å². The molecular formula is C13H10ClFN2O3. The van der Waals surface area contributed by atoms with Crippen LogP contribution >= 0.6 is 11.6 Å². The number of hydrogen-bond acceptors (Lipinski definition) is 3. The van der Waals surface area contributed by atoms with E-state index >= 15 is 0 Å². The Kier molecular flexibility index (Phi) is 4.14. The van der Waals surface area contributed by atoms with E-state index in [1.807, 2.05) is 0 Å². The van der Waals surface area contributed by atoms with Crippen LogP contribution in [-0.4, -0.2) is 35.7 Å². The van der Waals surface area contributed by atoms with E-state index in [2.05, 4.69) is 5.32 Å². The van der Waals surface area contributed by atoms with Gasteiger partial charge < -0.3 is 4.90 Å². The number of nitrogens with one attached hydrogen (secondary N) is 1. The summed E-state index contributed by atoms with van der Waals surface area (Å²) in [5.41, 5.74) is 0.0790. The number of benzene rings is 1. The summed E-state index contributed by atoms with van der Waals surface area (Å²) in [4.78, 5) is 35.2. The fraction of sp³-hybridized carbons (Fsp3) is 0.154. The molecule has 0 saturated carbocycles. The van der Waals surface area contributed by atoms with E-state index in [1.165, 1.54) is 24.3 Å². The summed E-state index contributed by atoms with van der Waals surface area (Å²) in [7, 11) is 0. The molecule has 0 bridgehead atoms. The molecule has 20 heavy (non-hydrogen) atoms. The van der Waals surface area contributed by atoms with Crippen molar-refractivity contribution in [2.45, 2.75) is 0 Å². The molecule has 7 heteroatoms. The summed E-state index contributed by atoms with van der Waals surface area (Å²) in [6.45, 7) is -0.417. The van der Waals surface area contributed by atoms with Gasteiger partial charge in [-0.1, -0.05) is 17.7 Å². The normalized spacial score (nSPS) is 15.6. The molecule has 104 valence electrons. The molecule has 0 atom stereocenters. The van der Waals surface area contributed by atoms with Crippen LogP contribution in [0.3, 0.4) is 0 Å². The van der Waals surface area contributed by atoms with Crippen LogP contribution in [0.25, 0.3) is 6.08 Å². The largest absolute Gasteiger partial charge is 0.321 e. The van der Waals surface area contributed by atoms with Crippen molar-refractivity contribution < 1.29 is 18.8 Å². The highest BCUT2D eigenvalue weighted by molar-refractivity contribution is 6.32. The molecule has 2 rings (SSSR count). The van der Waals surface area contributed by atoms with Crippen LogP contribution in [0.2, 0.25) is 5.02 Å². The van der Waals surface area contributed by atoms with Gasteiger partial charge in [-0.05, 0) is 18.2 Å². The molecule has 1 aliphatic rings. The minimum Gasteiger partial charge on any atom is -0.321 e. The second-order valence-electron chi connectivity index (χ2n) is 4.13. The molecule has 1 fully saturated rings. The predicted octanol–water partition coefficient (Wildman–Crippen LogP) is 0.977. The van der Waals surface area contributed by atoms with Crippen molar-refractivity contribution in [1.82, 2.24) is 10.2 Å². The maximum Gasteiger partial charge on any atom is 0.247 e. The molecule has 1 aliphatic heterocycles. The molecule has 5 nitrogen and oxygen atoms in total. The van der Waals surface area contributed by atoms with Gasteiger partial charge in [0.25, 0.3) is 0 Å². The number of halogens is 2. The van der Waals surface area contributed by atoms with Gasteiger partial charge in [0.15, 0.2) is 0 Å². The number of nitrogens with zero attached hydrogens (tertiary/aromatic N) is 1. The average molecular weight is 297 g/mol. The Labute approximate surface area is 119 Å². The predicted molar refractivity (Wildman–Crippen MR) is 70.2 cm³/mol. The van der Waals surface area contributed by atoms with Crippen LogP contribution in [0.4, 0.5) is 4.39 Å². The van der Waals surface area contributed by atoms with Gasteiger partial charge in [0.05, 0.1) is 5.02 Å². The third kappa shape index (κ3) is 3.21. The zero-order chi connectivity index (χ0) is 14.7. The fourth-order valence-electron chi connectivity index (χ4n) is 1.72. The highest BCUT2D eigenvalue weighted by Crippen LogP contribution is 2.20. The Hall–Kier alpha value is -2.21. The maximum atomic E-state index is 13.5. The molecule has 0 radical (unpaired) electrons. The highest BCUT2D eigenvalue weighted by Gasteiger charge is 2.24. The van der Waals surface area contributed by atoms with Crippen molar-refractivity contribution in [3.05, 3.63) is 40.7 Å². The molecular weight excluding hydrogens is 287 g/mol. The summed E-state index contributed by atoms with van der Waals surface area (Å²) in [6.07, 6.45) is 2.30. The molecule has 0 aromatic heterocycles. The van der Waals surface area contributed by atoms with E-state index in [1.54, 1.807) is 0 Å². The first-order chi connectivity index (χ1) is 9.47. The van der Waals surface area contributed by atoms with Crippen LogP contribution in [0.15, 0.2) is 24.3 Å². The molecule has 1 N–H and O–H groups in total. The van der Waals surface area contributed by atoms with Crippen molar-refractivity contribution in [2.75, 3.05) is 13.1 Å². The highest BCUT2D eigenvalue weighted by atomic mass is 35.5. The Balaban J connectivity index is 2.13. The second kappa shape index (κ2) is 5.83. The minimum atomic E-state index is -0.562. The number of rotatable bonds is 2. The van der Waals surface area contributed by atoms with Gasteiger partial charge in [0.2, 0.25) is 17.7 Å². The molecule has 0 unspecified atom stereocenters. The lowest BCUT2D eigenvalue weighted by Gasteiger charge is -2.24. The summed E-state index contributed by atoms with van der Waals surface area (Å²) >= 11 is 5.81. The minimum absolute atomic E-state index is 0.0790. The Morgan fingerprint density at radius 2 is 1.95 bits per heavy atom. The van der Waals surface area contributed by atoms with Gasteiger partial charge in [-0.25, -0.2) is 4.39 Å². The maximum absolute atomic E-state index is 13.5. The standard InChI is InChI=1S/C13H10ClFN2O3/c14-9-2-1-3-10(15)8(9)4-5-13(20)17-6-11(18)16-12(19)7-17/h1-5H,6-7H2,(H,16,18,19). The number of hydrogen-bond donors (Lipinski definition) is 1. The molecule has 0 spiro atoms. The van der Waals surface area contributed by atoms with Crippen molar-refractivity contribution in [2.24, 2.45) is 0 Å². The van der Waals surface area contributed by atoms with Crippen LogP contribution in [0, 0.1) is 5.82 Å². The number of piperazine rings is 1. The lowest BCUT2D eigenvalue weighted by atomic mass is 10.2. The molecule has 1 heterocycles. The summed E-state index contributed by atoms with van der Waals surface area (Å²) in [6, 6.07) is 4.16. The zero-order valence-corrected chi connectivity index (χ0v) is 11.0. The van der Waals surface area contributed by atoms with Gasteiger partial charge >= 0.3 is 0 Å². The number of amides is 3. The third-order valence-corrected chi connectivity index (χ3v) is 2.98. The number of carbonyl (C=O) groups excluding carboxylic acids is 3. The lowest BCUT2D eigenvalue weighted by Crippen LogP contribution is -2.52. The molecule has 0 aliphatic carbocycles. The molecule has 3 amide bonds. The van der Waals surface area contributed by atoms with Crippen molar-refractivity contribution >= 4 is 35.4 Å². The van der Waals surface area contributed by atoms with Crippen LogP contribution < -0.4 is 5.32 Å². The van der Waals surface area contributed by atoms with E-state index < -0.39 is 23.5 Å². The van der Waals surface area contributed by atoms with Gasteiger partial charge in [-0.2, -0.15) is 0 Å². The topological polar surface area (TPSA) is 66.5 Å². The third-order valence-electron chi connectivity index (χ3n) is 2.65.